The highest BCUT2D eigenvalue weighted by molar-refractivity contribution is 7.90. The lowest BCUT2D eigenvalue weighted by molar-refractivity contribution is -0.140. The van der Waals surface area contributed by atoms with Crippen LogP contribution in [0.25, 0.3) is 0 Å². The van der Waals surface area contributed by atoms with Crippen molar-refractivity contribution in [3.8, 4) is 0 Å². The van der Waals surface area contributed by atoms with E-state index in [1.165, 1.54) is 19.0 Å². The van der Waals surface area contributed by atoms with Crippen LogP contribution in [-0.4, -0.2) is 62.2 Å². The van der Waals surface area contributed by atoms with Crippen LogP contribution in [-0.2, 0) is 26.3 Å². The Hall–Kier alpha value is -2.91. The number of aryl methyl sites for hydroxylation is 2. The molecule has 0 spiro atoms. The van der Waals surface area contributed by atoms with Crippen molar-refractivity contribution in [3.05, 3.63) is 65.2 Å². The molecule has 0 aliphatic heterocycles. The number of carbonyl (C=O) groups excluding carboxylic acids is 2. The van der Waals surface area contributed by atoms with Crippen molar-refractivity contribution in [2.24, 2.45) is 0 Å². The van der Waals surface area contributed by atoms with Gasteiger partial charge in [0.05, 0.1) is 5.69 Å². The summed E-state index contributed by atoms with van der Waals surface area (Å²) in [5.74, 6) is -0.693. The summed E-state index contributed by atoms with van der Waals surface area (Å²) in [6, 6.07) is 14.1. The van der Waals surface area contributed by atoms with Crippen molar-refractivity contribution in [2.75, 3.05) is 24.9 Å². The normalized spacial score (nSPS) is 13.2. The van der Waals surface area contributed by atoms with Crippen molar-refractivity contribution in [3.63, 3.8) is 0 Å². The van der Waals surface area contributed by atoms with E-state index in [1.807, 2.05) is 77.1 Å². The minimum atomic E-state index is -3.99. The third-order valence-electron chi connectivity index (χ3n) is 6.23. The molecule has 0 aliphatic carbocycles. The molecular formula is C27H40N4O4S. The molecule has 2 atom stereocenters. The van der Waals surface area contributed by atoms with Gasteiger partial charge in [0.1, 0.15) is 12.6 Å². The summed E-state index contributed by atoms with van der Waals surface area (Å²) in [5, 5.41) is 2.98. The van der Waals surface area contributed by atoms with E-state index in [-0.39, 0.29) is 18.5 Å². The van der Waals surface area contributed by atoms with Crippen LogP contribution in [0.2, 0.25) is 0 Å². The molecule has 0 heterocycles. The Kier molecular flexibility index (Phi) is 10.5. The van der Waals surface area contributed by atoms with Gasteiger partial charge in [-0.15, -0.1) is 0 Å². The summed E-state index contributed by atoms with van der Waals surface area (Å²) in [7, 11) is -1.11. The van der Waals surface area contributed by atoms with Gasteiger partial charge in [-0.1, -0.05) is 56.3 Å². The molecule has 198 valence electrons. The fourth-order valence-corrected chi connectivity index (χ4v) is 4.94. The summed E-state index contributed by atoms with van der Waals surface area (Å²) in [6.45, 7) is 9.20. The summed E-state index contributed by atoms with van der Waals surface area (Å²) >= 11 is 0. The lowest BCUT2D eigenvalue weighted by atomic mass is 10.1. The number of rotatable bonds is 12. The zero-order chi connectivity index (χ0) is 27.0. The molecule has 2 rings (SSSR count). The number of carbonyl (C=O) groups is 2. The van der Waals surface area contributed by atoms with Crippen molar-refractivity contribution >= 4 is 27.7 Å². The van der Waals surface area contributed by atoms with Crippen LogP contribution in [0.4, 0.5) is 5.69 Å². The second-order valence-corrected chi connectivity index (χ2v) is 11.4. The van der Waals surface area contributed by atoms with Gasteiger partial charge in [0.15, 0.2) is 0 Å². The van der Waals surface area contributed by atoms with Gasteiger partial charge in [-0.2, -0.15) is 12.7 Å². The second-order valence-electron chi connectivity index (χ2n) is 9.34. The van der Waals surface area contributed by atoms with Crippen LogP contribution in [0, 0.1) is 13.8 Å². The van der Waals surface area contributed by atoms with E-state index in [0.717, 1.165) is 31.7 Å². The maximum Gasteiger partial charge on any atom is 0.304 e. The number of nitrogens with zero attached hydrogens (tertiary/aromatic N) is 3. The van der Waals surface area contributed by atoms with Crippen LogP contribution < -0.4 is 9.62 Å². The van der Waals surface area contributed by atoms with Gasteiger partial charge in [-0.3, -0.25) is 9.59 Å². The van der Waals surface area contributed by atoms with E-state index >= 15 is 0 Å². The Morgan fingerprint density at radius 2 is 1.61 bits per heavy atom. The molecule has 2 aromatic rings. The molecular weight excluding hydrogens is 476 g/mol. The molecule has 0 radical (unpaired) electrons. The Labute approximate surface area is 216 Å². The number of hydrogen-bond acceptors (Lipinski definition) is 4. The molecule has 0 saturated heterocycles. The molecule has 0 aliphatic rings. The average Bonchev–Trinajstić information content (AvgIpc) is 2.84. The Balaban J connectivity index is 2.53. The number of nitrogens with one attached hydrogen (secondary N) is 1. The third kappa shape index (κ3) is 7.30. The summed E-state index contributed by atoms with van der Waals surface area (Å²) in [4.78, 5) is 28.6. The zero-order valence-corrected chi connectivity index (χ0v) is 23.3. The van der Waals surface area contributed by atoms with Crippen LogP contribution >= 0.6 is 0 Å². The molecule has 2 amide bonds. The number of hydrogen-bond donors (Lipinski definition) is 1. The average molecular weight is 517 g/mol. The van der Waals surface area contributed by atoms with Crippen molar-refractivity contribution in [1.82, 2.24) is 14.5 Å². The maximum absolute atomic E-state index is 13.9. The first-order chi connectivity index (χ1) is 16.9. The molecule has 2 aromatic carbocycles. The van der Waals surface area contributed by atoms with Gasteiger partial charge in [0, 0.05) is 26.7 Å². The van der Waals surface area contributed by atoms with Gasteiger partial charge in [-0.25, -0.2) is 4.31 Å². The van der Waals surface area contributed by atoms with Crippen LogP contribution in [0.3, 0.4) is 0 Å². The molecule has 8 nitrogen and oxygen atoms in total. The van der Waals surface area contributed by atoms with Crippen LogP contribution in [0.15, 0.2) is 48.5 Å². The number of benzene rings is 2. The predicted octanol–water partition coefficient (Wildman–Crippen LogP) is 3.64. The zero-order valence-electron chi connectivity index (χ0n) is 22.5. The summed E-state index contributed by atoms with van der Waals surface area (Å²) in [5.41, 5.74) is 2.90. The molecule has 9 heteroatoms. The lowest BCUT2D eigenvalue weighted by Crippen LogP contribution is -2.54. The Morgan fingerprint density at radius 3 is 2.17 bits per heavy atom. The first kappa shape index (κ1) is 29.3. The van der Waals surface area contributed by atoms with Crippen molar-refractivity contribution in [2.45, 2.75) is 66.1 Å². The quantitative estimate of drug-likeness (QED) is 0.466. The SMILES string of the molecule is CC[C@@H](C)NC(=O)[C@H](CC)N(Cc1ccccc1)C(=O)CN(c1cc(C)ccc1C)S(=O)(=O)N(C)C. The molecule has 0 bridgehead atoms. The minimum absolute atomic E-state index is 0.0409. The third-order valence-corrected chi connectivity index (χ3v) is 8.04. The molecule has 0 aromatic heterocycles. The molecule has 36 heavy (non-hydrogen) atoms. The van der Waals surface area contributed by atoms with Gasteiger partial charge >= 0.3 is 10.2 Å². The molecule has 1 N–H and O–H groups in total. The first-order valence-electron chi connectivity index (χ1n) is 12.3. The van der Waals surface area contributed by atoms with Gasteiger partial charge in [0.25, 0.3) is 0 Å². The Morgan fingerprint density at radius 1 is 0.972 bits per heavy atom. The van der Waals surface area contributed by atoms with E-state index in [0.29, 0.717) is 12.1 Å². The largest absolute Gasteiger partial charge is 0.352 e. The Bertz CT molecular complexity index is 1140. The van der Waals surface area contributed by atoms with E-state index in [4.69, 9.17) is 0 Å². The smallest absolute Gasteiger partial charge is 0.304 e. The lowest BCUT2D eigenvalue weighted by Gasteiger charge is -2.34. The highest BCUT2D eigenvalue weighted by Crippen LogP contribution is 2.26. The standard InChI is InChI=1S/C27H40N4O4S/c1-8-22(5)28-27(33)24(9-2)30(18-23-13-11-10-12-14-23)26(32)19-31(36(34,35)29(6)7)25-17-20(3)15-16-21(25)4/h10-17,22,24H,8-9,18-19H2,1-7H3,(H,28,33)/t22-,24+/m1/s1. The summed E-state index contributed by atoms with van der Waals surface area (Å²) in [6.07, 6.45) is 1.15. The number of anilines is 1. The van der Waals surface area contributed by atoms with Crippen molar-refractivity contribution < 1.29 is 18.0 Å². The van der Waals surface area contributed by atoms with Gasteiger partial charge in [0.2, 0.25) is 11.8 Å². The maximum atomic E-state index is 13.9. The molecule has 0 unspecified atom stereocenters. The monoisotopic (exact) mass is 516 g/mol. The molecule has 0 saturated carbocycles. The van der Waals surface area contributed by atoms with Crippen molar-refractivity contribution in [1.29, 1.82) is 0 Å². The fourth-order valence-electron chi connectivity index (χ4n) is 3.83. The predicted molar refractivity (Wildman–Crippen MR) is 145 cm³/mol. The second kappa shape index (κ2) is 12.9. The van der Waals surface area contributed by atoms with E-state index < -0.39 is 28.7 Å². The molecule has 0 fully saturated rings. The van der Waals surface area contributed by atoms with E-state index in [2.05, 4.69) is 5.32 Å². The summed E-state index contributed by atoms with van der Waals surface area (Å²) < 4.78 is 29.0. The number of amides is 2. The fraction of sp³-hybridized carbons (Fsp3) is 0.481. The van der Waals surface area contributed by atoms with E-state index in [9.17, 15) is 18.0 Å². The topological polar surface area (TPSA) is 90.0 Å². The highest BCUT2D eigenvalue weighted by atomic mass is 32.2. The van der Waals surface area contributed by atoms with Crippen LogP contribution in [0.5, 0.6) is 0 Å². The first-order valence-corrected chi connectivity index (χ1v) is 13.7. The van der Waals surface area contributed by atoms with Gasteiger partial charge < -0.3 is 10.2 Å². The van der Waals surface area contributed by atoms with Crippen LogP contribution in [0.1, 0.15) is 50.3 Å². The van der Waals surface area contributed by atoms with Gasteiger partial charge in [-0.05, 0) is 56.4 Å². The minimum Gasteiger partial charge on any atom is -0.352 e. The highest BCUT2D eigenvalue weighted by Gasteiger charge is 2.34. The van der Waals surface area contributed by atoms with E-state index in [1.54, 1.807) is 6.07 Å².